The fourth-order valence-electron chi connectivity index (χ4n) is 3.85. The van der Waals surface area contributed by atoms with Gasteiger partial charge in [0, 0.05) is 5.02 Å². The van der Waals surface area contributed by atoms with E-state index in [1.54, 1.807) is 18.3 Å². The third kappa shape index (κ3) is 5.11. The van der Waals surface area contributed by atoms with Crippen LogP contribution < -0.4 is 10.9 Å². The van der Waals surface area contributed by atoms with Crippen LogP contribution in [0.5, 0.6) is 0 Å². The third-order valence-corrected chi connectivity index (χ3v) is 6.13. The number of aryl methyl sites for hydroxylation is 1. The Kier molecular flexibility index (Phi) is 7.01. The number of nitrogens with one attached hydrogen (secondary N) is 2. The molecule has 0 saturated carbocycles. The van der Waals surface area contributed by atoms with Gasteiger partial charge in [-0.3, -0.25) is 9.59 Å². The number of aromatic nitrogens is 3. The van der Waals surface area contributed by atoms with Crippen molar-refractivity contribution in [1.29, 1.82) is 0 Å². The number of alkyl halides is 5. The summed E-state index contributed by atoms with van der Waals surface area (Å²) in [5, 5.41) is 14.9. The Morgan fingerprint density at radius 2 is 1.82 bits per heavy atom. The van der Waals surface area contributed by atoms with E-state index in [0.29, 0.717) is 20.7 Å². The van der Waals surface area contributed by atoms with E-state index in [2.05, 4.69) is 10.1 Å². The number of aliphatic hydroxyl groups is 1. The summed E-state index contributed by atoms with van der Waals surface area (Å²) in [6.07, 6.45) is -4.25. The van der Waals surface area contributed by atoms with Gasteiger partial charge in [-0.05, 0) is 47.9 Å². The van der Waals surface area contributed by atoms with Crippen LogP contribution in [0.1, 0.15) is 33.2 Å². The molecule has 3 N–H and O–H groups in total. The molecule has 0 saturated heterocycles. The van der Waals surface area contributed by atoms with Crippen molar-refractivity contribution in [2.24, 2.45) is 0 Å². The number of hydrogen-bond donors (Lipinski definition) is 3. The Balaban J connectivity index is 1.85. The van der Waals surface area contributed by atoms with E-state index >= 15 is 0 Å². The summed E-state index contributed by atoms with van der Waals surface area (Å²) in [5.74, 6) is -6.55. The number of carbonyl (C=O) groups excluding carboxylic acids is 1. The molecule has 0 spiro atoms. The van der Waals surface area contributed by atoms with Crippen LogP contribution in [-0.2, 0) is 6.18 Å². The lowest BCUT2D eigenvalue weighted by atomic mass is 10.00. The first kappa shape index (κ1) is 27.2. The van der Waals surface area contributed by atoms with Gasteiger partial charge in [-0.15, -0.1) is 0 Å². The second kappa shape index (κ2) is 9.80. The molecule has 14 heteroatoms. The normalized spacial score (nSPS) is 13.1. The number of aromatic amines is 1. The number of halogens is 7. The summed E-state index contributed by atoms with van der Waals surface area (Å²) in [7, 11) is 0. The largest absolute Gasteiger partial charge is 0.421 e. The molecule has 0 aliphatic carbocycles. The quantitative estimate of drug-likeness (QED) is 0.293. The molecule has 200 valence electrons. The molecule has 4 rings (SSSR count). The average molecular weight is 559 g/mol. The monoisotopic (exact) mass is 558 g/mol. The van der Waals surface area contributed by atoms with Gasteiger partial charge in [0.25, 0.3) is 17.4 Å². The molecule has 2 heterocycles. The maximum absolute atomic E-state index is 14.5. The fraction of sp³-hybridized carbons (Fsp3) is 0.208. The molecule has 0 bridgehead atoms. The molecule has 0 aliphatic heterocycles. The van der Waals surface area contributed by atoms with Crippen molar-refractivity contribution in [2.45, 2.75) is 25.1 Å². The first-order valence-electron chi connectivity index (χ1n) is 10.8. The van der Waals surface area contributed by atoms with E-state index in [1.165, 1.54) is 12.1 Å². The highest BCUT2D eigenvalue weighted by Crippen LogP contribution is 2.36. The number of hydrogen-bond acceptors (Lipinski definition) is 4. The minimum Gasteiger partial charge on any atom is -0.390 e. The second-order valence-electron chi connectivity index (χ2n) is 8.35. The van der Waals surface area contributed by atoms with Crippen LogP contribution in [0.2, 0.25) is 5.02 Å². The smallest absolute Gasteiger partial charge is 0.390 e. The lowest BCUT2D eigenvalue weighted by molar-refractivity contribution is -0.136. The first-order valence-corrected chi connectivity index (χ1v) is 11.1. The summed E-state index contributed by atoms with van der Waals surface area (Å²) >= 11 is 5.99. The minimum atomic E-state index is -5.29. The van der Waals surface area contributed by atoms with Crippen molar-refractivity contribution >= 4 is 23.0 Å². The van der Waals surface area contributed by atoms with Crippen molar-refractivity contribution in [3.63, 3.8) is 0 Å². The Morgan fingerprint density at radius 3 is 2.39 bits per heavy atom. The summed E-state index contributed by atoms with van der Waals surface area (Å²) in [6.45, 7) is -0.115. The van der Waals surface area contributed by atoms with Gasteiger partial charge in [-0.2, -0.15) is 18.3 Å². The van der Waals surface area contributed by atoms with Crippen LogP contribution in [0.4, 0.5) is 26.3 Å². The van der Waals surface area contributed by atoms with Crippen molar-refractivity contribution in [3.05, 3.63) is 92.2 Å². The number of fused-ring (bicyclic) bond motifs is 1. The summed E-state index contributed by atoms with van der Waals surface area (Å²) in [4.78, 5) is 28.0. The van der Waals surface area contributed by atoms with Gasteiger partial charge in [-0.25, -0.2) is 17.7 Å². The molecule has 2 aromatic heterocycles. The number of benzene rings is 2. The van der Waals surface area contributed by atoms with Gasteiger partial charge in [0.1, 0.15) is 29.5 Å². The predicted molar refractivity (Wildman–Crippen MR) is 125 cm³/mol. The van der Waals surface area contributed by atoms with E-state index in [4.69, 9.17) is 16.7 Å². The Morgan fingerprint density at radius 1 is 1.16 bits per heavy atom. The molecule has 0 unspecified atom stereocenters. The van der Waals surface area contributed by atoms with E-state index in [1.807, 2.05) is 0 Å². The standard InChI is InChI=1S/C24H17ClF6N4O3/c1-11-8-13(4-7-15(11)25)16-9-35-19(22(38)32-16)17(24(29,30)31)18(34-35)21(37)33-20(23(27,28)10-36)12-2-5-14(26)6-3-12/h2-9,20,36H,10H2,1H3,(H,32,38)(H,33,37)/t20-/m0/s1. The maximum atomic E-state index is 14.5. The van der Waals surface area contributed by atoms with Crippen LogP contribution in [-0.4, -0.2) is 38.1 Å². The van der Waals surface area contributed by atoms with Gasteiger partial charge in [0.05, 0.1) is 11.9 Å². The zero-order valence-electron chi connectivity index (χ0n) is 19.2. The topological polar surface area (TPSA) is 99.5 Å². The second-order valence-corrected chi connectivity index (χ2v) is 8.76. The van der Waals surface area contributed by atoms with E-state index in [0.717, 1.165) is 30.5 Å². The van der Waals surface area contributed by atoms with Crippen molar-refractivity contribution < 1.29 is 36.2 Å². The van der Waals surface area contributed by atoms with E-state index < -0.39 is 64.4 Å². The highest BCUT2D eigenvalue weighted by molar-refractivity contribution is 6.31. The zero-order valence-corrected chi connectivity index (χ0v) is 20.0. The van der Waals surface area contributed by atoms with Crippen molar-refractivity contribution in [1.82, 2.24) is 19.9 Å². The number of amides is 1. The van der Waals surface area contributed by atoms with Gasteiger partial charge in [0.2, 0.25) is 0 Å². The fourth-order valence-corrected chi connectivity index (χ4v) is 3.96. The molecule has 38 heavy (non-hydrogen) atoms. The summed E-state index contributed by atoms with van der Waals surface area (Å²) in [5.41, 5.74) is -4.75. The lowest BCUT2D eigenvalue weighted by Gasteiger charge is -2.26. The van der Waals surface area contributed by atoms with Crippen LogP contribution in [0, 0.1) is 12.7 Å². The lowest BCUT2D eigenvalue weighted by Crippen LogP contribution is -2.43. The van der Waals surface area contributed by atoms with Crippen molar-refractivity contribution in [2.75, 3.05) is 6.61 Å². The Labute approximate surface area is 214 Å². The van der Waals surface area contributed by atoms with Crippen LogP contribution in [0.3, 0.4) is 0 Å². The summed E-state index contributed by atoms with van der Waals surface area (Å²) < 4.78 is 85.0. The molecule has 4 aromatic rings. The van der Waals surface area contributed by atoms with Crippen LogP contribution in [0.25, 0.3) is 16.8 Å². The Bertz CT molecular complexity index is 1580. The number of carbonyl (C=O) groups is 1. The first-order chi connectivity index (χ1) is 17.7. The molecule has 7 nitrogen and oxygen atoms in total. The average Bonchev–Trinajstić information content (AvgIpc) is 3.26. The van der Waals surface area contributed by atoms with Crippen LogP contribution >= 0.6 is 11.6 Å². The zero-order chi connectivity index (χ0) is 28.0. The van der Waals surface area contributed by atoms with E-state index in [9.17, 15) is 35.9 Å². The molecular formula is C24H17ClF6N4O3. The SMILES string of the molecule is Cc1cc(-c2cn3nc(C(=O)N[C@@H](c4ccc(F)cc4)C(F)(F)CO)c(C(F)(F)F)c3c(=O)[nH]2)ccc1Cl. The Hall–Kier alpha value is -3.84. The predicted octanol–water partition coefficient (Wildman–Crippen LogP) is 4.91. The van der Waals surface area contributed by atoms with Gasteiger partial charge in [-0.1, -0.05) is 29.8 Å². The molecule has 1 amide bonds. The maximum Gasteiger partial charge on any atom is 0.421 e. The number of aliphatic hydroxyl groups excluding tert-OH is 1. The van der Waals surface area contributed by atoms with Crippen molar-refractivity contribution in [3.8, 4) is 11.3 Å². The van der Waals surface area contributed by atoms with Gasteiger partial charge >= 0.3 is 6.18 Å². The molecule has 0 fully saturated rings. The highest BCUT2D eigenvalue weighted by Gasteiger charge is 2.45. The minimum absolute atomic E-state index is 0.0430. The van der Waals surface area contributed by atoms with Crippen LogP contribution in [0.15, 0.2) is 53.5 Å². The number of H-pyrrole nitrogens is 1. The molecule has 0 aliphatic rings. The molecular weight excluding hydrogens is 542 g/mol. The van der Waals surface area contributed by atoms with E-state index in [-0.39, 0.29) is 5.69 Å². The summed E-state index contributed by atoms with van der Waals surface area (Å²) in [6, 6.07) is 5.57. The molecule has 1 atom stereocenters. The number of rotatable bonds is 6. The molecule has 2 aromatic carbocycles. The van der Waals surface area contributed by atoms with Gasteiger partial charge in [0.15, 0.2) is 5.69 Å². The highest BCUT2D eigenvalue weighted by atomic mass is 35.5. The van der Waals surface area contributed by atoms with Gasteiger partial charge < -0.3 is 15.4 Å². The molecule has 0 radical (unpaired) electrons. The third-order valence-electron chi connectivity index (χ3n) is 5.70. The number of nitrogens with zero attached hydrogens (tertiary/aromatic N) is 2.